The van der Waals surface area contributed by atoms with E-state index in [0.29, 0.717) is 17.2 Å². The zero-order chi connectivity index (χ0) is 10.1. The van der Waals surface area contributed by atoms with Gasteiger partial charge in [0.15, 0.2) is 5.78 Å². The van der Waals surface area contributed by atoms with E-state index in [1.165, 1.54) is 31.1 Å². The first kappa shape index (κ1) is 8.61. The number of fused-ring (bicyclic) bond motifs is 1. The van der Waals surface area contributed by atoms with E-state index in [1.807, 2.05) is 0 Å². The van der Waals surface area contributed by atoms with Crippen LogP contribution in [0.25, 0.3) is 5.65 Å². The highest BCUT2D eigenvalue weighted by atomic mass is 16.5. The smallest absolute Gasteiger partial charge is 0.260 e. The van der Waals surface area contributed by atoms with Gasteiger partial charge >= 0.3 is 0 Å². The van der Waals surface area contributed by atoms with Crippen LogP contribution in [-0.2, 0) is 0 Å². The number of carbonyl (C=O) groups excluding carboxylic acids is 1. The lowest BCUT2D eigenvalue weighted by atomic mass is 10.3. The fourth-order valence-electron chi connectivity index (χ4n) is 1.11. The molecular weight excluding hydrogens is 184 g/mol. The van der Waals surface area contributed by atoms with Crippen molar-refractivity contribution in [3.05, 3.63) is 18.2 Å². The van der Waals surface area contributed by atoms with Gasteiger partial charge in [0.05, 0.1) is 13.3 Å². The van der Waals surface area contributed by atoms with Gasteiger partial charge < -0.3 is 4.74 Å². The van der Waals surface area contributed by atoms with Gasteiger partial charge in [-0.25, -0.2) is 14.5 Å². The Kier molecular flexibility index (Phi) is 1.88. The monoisotopic (exact) mass is 192 g/mol. The number of Topliss-reactive ketones (excluding diaryl/α,β-unsaturated/α-hetero) is 1. The van der Waals surface area contributed by atoms with Crippen LogP contribution in [0.15, 0.2) is 12.5 Å². The molecule has 6 heteroatoms. The molecule has 0 aliphatic heterocycles. The van der Waals surface area contributed by atoms with Gasteiger partial charge in [-0.1, -0.05) is 0 Å². The van der Waals surface area contributed by atoms with Crippen molar-refractivity contribution in [2.45, 2.75) is 6.92 Å². The van der Waals surface area contributed by atoms with Gasteiger partial charge in [0.1, 0.15) is 12.0 Å². The second-order valence-electron chi connectivity index (χ2n) is 2.72. The zero-order valence-corrected chi connectivity index (χ0v) is 7.76. The van der Waals surface area contributed by atoms with Gasteiger partial charge in [0, 0.05) is 6.92 Å². The minimum absolute atomic E-state index is 0.138. The molecule has 0 amide bonds. The van der Waals surface area contributed by atoms with Crippen molar-refractivity contribution in [3.8, 4) is 5.88 Å². The Hall–Kier alpha value is -1.98. The second-order valence-corrected chi connectivity index (χ2v) is 2.72. The van der Waals surface area contributed by atoms with Crippen LogP contribution in [0.4, 0.5) is 0 Å². The highest BCUT2D eigenvalue weighted by molar-refractivity contribution is 5.92. The first-order valence-electron chi connectivity index (χ1n) is 3.97. The van der Waals surface area contributed by atoms with Gasteiger partial charge in [-0.3, -0.25) is 4.79 Å². The van der Waals surface area contributed by atoms with E-state index >= 15 is 0 Å². The fraction of sp³-hybridized carbons (Fsp3) is 0.250. The molecule has 0 saturated carbocycles. The number of hydrogen-bond acceptors (Lipinski definition) is 5. The Bertz CT molecular complexity index is 491. The van der Waals surface area contributed by atoms with Crippen molar-refractivity contribution >= 4 is 11.4 Å². The quantitative estimate of drug-likeness (QED) is 0.641. The number of rotatable bonds is 2. The number of ketones is 1. The Morgan fingerprint density at radius 3 is 3.00 bits per heavy atom. The molecule has 2 aromatic heterocycles. The van der Waals surface area contributed by atoms with Crippen LogP contribution >= 0.6 is 0 Å². The minimum Gasteiger partial charge on any atom is -0.478 e. The van der Waals surface area contributed by atoms with Gasteiger partial charge in [0.2, 0.25) is 5.65 Å². The molecule has 14 heavy (non-hydrogen) atoms. The number of ether oxygens (including phenoxy) is 1. The molecule has 0 unspecified atom stereocenters. The molecule has 0 radical (unpaired) electrons. The molecule has 0 saturated heterocycles. The van der Waals surface area contributed by atoms with Gasteiger partial charge in [0.25, 0.3) is 5.88 Å². The van der Waals surface area contributed by atoms with Gasteiger partial charge in [-0.2, -0.15) is 5.10 Å². The first-order valence-corrected chi connectivity index (χ1v) is 3.97. The third-order valence-electron chi connectivity index (χ3n) is 1.78. The van der Waals surface area contributed by atoms with E-state index in [9.17, 15) is 4.79 Å². The van der Waals surface area contributed by atoms with Crippen molar-refractivity contribution in [1.82, 2.24) is 19.6 Å². The summed E-state index contributed by atoms with van der Waals surface area (Å²) in [5, 5.41) is 3.90. The van der Waals surface area contributed by atoms with Crippen molar-refractivity contribution < 1.29 is 9.53 Å². The van der Waals surface area contributed by atoms with Gasteiger partial charge in [-0.15, -0.1) is 0 Å². The van der Waals surface area contributed by atoms with Crippen LogP contribution < -0.4 is 4.74 Å². The minimum atomic E-state index is -0.138. The molecule has 72 valence electrons. The molecule has 0 fully saturated rings. The molecule has 0 atom stereocenters. The Morgan fingerprint density at radius 1 is 1.57 bits per heavy atom. The summed E-state index contributed by atoms with van der Waals surface area (Å²) in [4.78, 5) is 19.0. The molecule has 0 spiro atoms. The molecule has 0 bridgehead atoms. The van der Waals surface area contributed by atoms with Crippen LogP contribution in [-0.4, -0.2) is 32.5 Å². The highest BCUT2D eigenvalue weighted by Crippen LogP contribution is 2.14. The summed E-state index contributed by atoms with van der Waals surface area (Å²) in [5.74, 6) is 0.163. The van der Waals surface area contributed by atoms with Gasteiger partial charge in [-0.05, 0) is 0 Å². The summed E-state index contributed by atoms with van der Waals surface area (Å²) >= 11 is 0. The third kappa shape index (κ3) is 1.20. The number of methoxy groups -OCH3 is 1. The summed E-state index contributed by atoms with van der Waals surface area (Å²) in [6.45, 7) is 1.44. The zero-order valence-electron chi connectivity index (χ0n) is 7.76. The van der Waals surface area contributed by atoms with Crippen LogP contribution in [0, 0.1) is 0 Å². The lowest BCUT2D eigenvalue weighted by Gasteiger charge is -2.01. The molecule has 0 aliphatic rings. The second kappa shape index (κ2) is 3.06. The van der Waals surface area contributed by atoms with Crippen LogP contribution in [0.3, 0.4) is 0 Å². The Balaban J connectivity index is 2.73. The highest BCUT2D eigenvalue weighted by Gasteiger charge is 2.10. The molecular formula is C8H8N4O2. The van der Waals surface area contributed by atoms with Crippen molar-refractivity contribution in [2.75, 3.05) is 7.11 Å². The topological polar surface area (TPSA) is 69.4 Å². The number of hydrogen-bond donors (Lipinski definition) is 0. The Labute approximate surface area is 79.5 Å². The van der Waals surface area contributed by atoms with E-state index in [2.05, 4.69) is 15.1 Å². The molecule has 0 aliphatic carbocycles. The predicted octanol–water partition coefficient (Wildman–Crippen LogP) is 0.335. The number of aromatic nitrogens is 4. The lowest BCUT2D eigenvalue weighted by molar-refractivity contribution is 0.101. The van der Waals surface area contributed by atoms with E-state index in [1.54, 1.807) is 0 Å². The predicted molar refractivity (Wildman–Crippen MR) is 47.3 cm³/mol. The molecule has 2 heterocycles. The summed E-state index contributed by atoms with van der Waals surface area (Å²) in [6, 6.07) is 0. The molecule has 0 N–H and O–H groups in total. The van der Waals surface area contributed by atoms with Crippen LogP contribution in [0.1, 0.15) is 17.4 Å². The largest absolute Gasteiger partial charge is 0.478 e. The average Bonchev–Trinajstić information content (AvgIpc) is 2.63. The number of carbonyl (C=O) groups is 1. The van der Waals surface area contributed by atoms with Crippen LogP contribution in [0.2, 0.25) is 0 Å². The lowest BCUT2D eigenvalue weighted by Crippen LogP contribution is -2.03. The van der Waals surface area contributed by atoms with E-state index in [4.69, 9.17) is 4.74 Å². The average molecular weight is 192 g/mol. The summed E-state index contributed by atoms with van der Waals surface area (Å²) in [7, 11) is 1.47. The molecule has 0 aromatic carbocycles. The molecule has 2 rings (SSSR count). The van der Waals surface area contributed by atoms with E-state index < -0.39 is 0 Å². The first-order chi connectivity index (χ1) is 6.72. The van der Waals surface area contributed by atoms with Crippen molar-refractivity contribution in [2.24, 2.45) is 0 Å². The van der Waals surface area contributed by atoms with Crippen molar-refractivity contribution in [1.29, 1.82) is 0 Å². The SMILES string of the molecule is COc1nc(C(C)=O)cn2ncnc12. The third-order valence-corrected chi connectivity index (χ3v) is 1.78. The normalized spacial score (nSPS) is 10.4. The number of nitrogens with zero attached hydrogens (tertiary/aromatic N) is 4. The van der Waals surface area contributed by atoms with Crippen molar-refractivity contribution in [3.63, 3.8) is 0 Å². The maximum absolute atomic E-state index is 11.1. The summed E-state index contributed by atoms with van der Waals surface area (Å²) in [6.07, 6.45) is 2.90. The van der Waals surface area contributed by atoms with E-state index in [-0.39, 0.29) is 5.78 Å². The Morgan fingerprint density at radius 2 is 2.36 bits per heavy atom. The standard InChI is InChI=1S/C8H8N4O2/c1-5(13)6-3-12-7(9-4-10-12)8(11-6)14-2/h3-4H,1-2H3. The fourth-order valence-corrected chi connectivity index (χ4v) is 1.11. The summed E-state index contributed by atoms with van der Waals surface area (Å²) in [5.41, 5.74) is 0.803. The van der Waals surface area contributed by atoms with E-state index in [0.717, 1.165) is 0 Å². The summed E-state index contributed by atoms with van der Waals surface area (Å²) < 4.78 is 6.45. The molecule has 6 nitrogen and oxygen atoms in total. The maximum atomic E-state index is 11.1. The maximum Gasteiger partial charge on any atom is 0.260 e. The van der Waals surface area contributed by atoms with Crippen LogP contribution in [0.5, 0.6) is 5.88 Å². The molecule has 2 aromatic rings.